The Kier molecular flexibility index (Phi) is 3.49. The van der Waals surface area contributed by atoms with E-state index in [1.165, 1.54) is 6.07 Å². The van der Waals surface area contributed by atoms with E-state index in [0.29, 0.717) is 27.1 Å². The predicted octanol–water partition coefficient (Wildman–Crippen LogP) is 3.79. The second-order valence-electron chi connectivity index (χ2n) is 3.67. The van der Waals surface area contributed by atoms with Gasteiger partial charge in [0.25, 0.3) is 0 Å². The molecule has 0 radical (unpaired) electrons. The van der Waals surface area contributed by atoms with Gasteiger partial charge in [-0.3, -0.25) is 0 Å². The zero-order valence-corrected chi connectivity index (χ0v) is 10.8. The Hall–Kier alpha value is -2.06. The SMILES string of the molecule is N#Cc1ccc(Nc2ccc(N)cc2F)c(Br)c1. The molecule has 0 spiro atoms. The van der Waals surface area contributed by atoms with Gasteiger partial charge in [0.05, 0.1) is 23.0 Å². The second-order valence-corrected chi connectivity index (χ2v) is 4.53. The first-order valence-corrected chi connectivity index (χ1v) is 5.91. The van der Waals surface area contributed by atoms with Gasteiger partial charge in [-0.15, -0.1) is 0 Å². The van der Waals surface area contributed by atoms with E-state index >= 15 is 0 Å². The fraction of sp³-hybridized carbons (Fsp3) is 0. The first-order chi connectivity index (χ1) is 8.60. The molecule has 2 aromatic carbocycles. The maximum Gasteiger partial charge on any atom is 0.148 e. The summed E-state index contributed by atoms with van der Waals surface area (Å²) in [6.45, 7) is 0. The van der Waals surface area contributed by atoms with Gasteiger partial charge in [-0.1, -0.05) is 0 Å². The van der Waals surface area contributed by atoms with E-state index in [0.717, 1.165) is 0 Å². The lowest BCUT2D eigenvalue weighted by Crippen LogP contribution is -1.96. The van der Waals surface area contributed by atoms with Crippen molar-refractivity contribution in [2.24, 2.45) is 0 Å². The smallest absolute Gasteiger partial charge is 0.148 e. The van der Waals surface area contributed by atoms with Gasteiger partial charge < -0.3 is 11.1 Å². The first-order valence-electron chi connectivity index (χ1n) is 5.12. The molecule has 0 heterocycles. The molecule has 0 aliphatic carbocycles. The molecule has 0 aromatic heterocycles. The Bertz CT molecular complexity index is 635. The zero-order chi connectivity index (χ0) is 13.1. The fourth-order valence-electron chi connectivity index (χ4n) is 1.46. The second kappa shape index (κ2) is 5.07. The highest BCUT2D eigenvalue weighted by Crippen LogP contribution is 2.28. The van der Waals surface area contributed by atoms with E-state index in [1.807, 2.05) is 6.07 Å². The van der Waals surface area contributed by atoms with Crippen LogP contribution in [-0.4, -0.2) is 0 Å². The lowest BCUT2D eigenvalue weighted by Gasteiger charge is -2.10. The van der Waals surface area contributed by atoms with Crippen molar-refractivity contribution >= 4 is 33.0 Å². The number of nitrogens with one attached hydrogen (secondary N) is 1. The van der Waals surface area contributed by atoms with Crippen LogP contribution in [0.3, 0.4) is 0 Å². The van der Waals surface area contributed by atoms with Crippen LogP contribution in [0.1, 0.15) is 5.56 Å². The molecule has 0 aliphatic rings. The third-order valence-electron chi connectivity index (χ3n) is 2.36. The fourth-order valence-corrected chi connectivity index (χ4v) is 1.94. The van der Waals surface area contributed by atoms with Crippen molar-refractivity contribution in [3.63, 3.8) is 0 Å². The predicted molar refractivity (Wildman–Crippen MR) is 73.0 cm³/mol. The molecule has 90 valence electrons. The van der Waals surface area contributed by atoms with Crippen molar-refractivity contribution in [3.8, 4) is 6.07 Å². The highest BCUT2D eigenvalue weighted by atomic mass is 79.9. The Balaban J connectivity index is 2.32. The maximum absolute atomic E-state index is 13.6. The molecule has 5 heteroatoms. The van der Waals surface area contributed by atoms with Gasteiger partial charge in [0.2, 0.25) is 0 Å². The van der Waals surface area contributed by atoms with Gasteiger partial charge in [0, 0.05) is 10.2 Å². The summed E-state index contributed by atoms with van der Waals surface area (Å²) in [6.07, 6.45) is 0. The van der Waals surface area contributed by atoms with E-state index in [4.69, 9.17) is 11.0 Å². The van der Waals surface area contributed by atoms with Crippen LogP contribution in [0.2, 0.25) is 0 Å². The number of nitrogen functional groups attached to an aromatic ring is 1. The first kappa shape index (κ1) is 12.4. The molecular formula is C13H9BrFN3. The van der Waals surface area contributed by atoms with Crippen molar-refractivity contribution in [3.05, 3.63) is 52.3 Å². The third-order valence-corrected chi connectivity index (χ3v) is 3.02. The summed E-state index contributed by atoms with van der Waals surface area (Å²) in [7, 11) is 0. The minimum Gasteiger partial charge on any atom is -0.399 e. The maximum atomic E-state index is 13.6. The van der Waals surface area contributed by atoms with Gasteiger partial charge >= 0.3 is 0 Å². The molecule has 0 amide bonds. The van der Waals surface area contributed by atoms with Gasteiger partial charge in [0.15, 0.2) is 0 Å². The highest BCUT2D eigenvalue weighted by Gasteiger charge is 2.06. The Labute approximate surface area is 112 Å². The van der Waals surface area contributed by atoms with Crippen LogP contribution in [0.5, 0.6) is 0 Å². The summed E-state index contributed by atoms with van der Waals surface area (Å²) >= 11 is 3.32. The van der Waals surface area contributed by atoms with Crippen LogP contribution >= 0.6 is 15.9 Å². The van der Waals surface area contributed by atoms with E-state index in [2.05, 4.69) is 21.2 Å². The van der Waals surface area contributed by atoms with Gasteiger partial charge in [0.1, 0.15) is 5.82 Å². The monoisotopic (exact) mass is 305 g/mol. The van der Waals surface area contributed by atoms with Crippen LogP contribution < -0.4 is 11.1 Å². The minimum absolute atomic E-state index is 0.328. The molecule has 3 nitrogen and oxygen atoms in total. The van der Waals surface area contributed by atoms with Gasteiger partial charge in [-0.2, -0.15) is 5.26 Å². The topological polar surface area (TPSA) is 61.8 Å². The standard InChI is InChI=1S/C13H9BrFN3/c14-10-5-8(7-16)1-3-12(10)18-13-4-2-9(17)6-11(13)15/h1-6,18H,17H2. The summed E-state index contributed by atoms with van der Waals surface area (Å²) in [6, 6.07) is 11.5. The van der Waals surface area contributed by atoms with Crippen molar-refractivity contribution in [2.75, 3.05) is 11.1 Å². The van der Waals surface area contributed by atoms with E-state index in [1.54, 1.807) is 30.3 Å². The molecule has 0 bridgehead atoms. The summed E-state index contributed by atoms with van der Waals surface area (Å²) < 4.78 is 14.3. The lowest BCUT2D eigenvalue weighted by molar-refractivity contribution is 0.632. The van der Waals surface area contributed by atoms with Crippen LogP contribution in [0.15, 0.2) is 40.9 Å². The normalized spacial score (nSPS) is 9.83. The molecule has 18 heavy (non-hydrogen) atoms. The number of rotatable bonds is 2. The van der Waals surface area contributed by atoms with E-state index < -0.39 is 5.82 Å². The molecule has 0 fully saturated rings. The molecule has 0 unspecified atom stereocenters. The lowest BCUT2D eigenvalue weighted by atomic mass is 10.2. The van der Waals surface area contributed by atoms with Gasteiger partial charge in [-0.25, -0.2) is 4.39 Å². The average molecular weight is 306 g/mol. The number of nitriles is 1. The number of anilines is 3. The third kappa shape index (κ3) is 2.60. The number of benzene rings is 2. The van der Waals surface area contributed by atoms with Crippen molar-refractivity contribution < 1.29 is 4.39 Å². The quantitative estimate of drug-likeness (QED) is 0.830. The molecule has 2 rings (SSSR count). The molecule has 0 saturated carbocycles. The van der Waals surface area contributed by atoms with Crippen LogP contribution in [0.25, 0.3) is 0 Å². The molecule has 3 N–H and O–H groups in total. The van der Waals surface area contributed by atoms with Crippen molar-refractivity contribution in [1.29, 1.82) is 5.26 Å². The van der Waals surface area contributed by atoms with Gasteiger partial charge in [-0.05, 0) is 52.3 Å². The van der Waals surface area contributed by atoms with E-state index in [9.17, 15) is 4.39 Å². The van der Waals surface area contributed by atoms with Crippen LogP contribution in [0, 0.1) is 17.1 Å². The summed E-state index contributed by atoms with van der Waals surface area (Å²) in [5.41, 5.74) is 7.39. The van der Waals surface area contributed by atoms with E-state index in [-0.39, 0.29) is 0 Å². The summed E-state index contributed by atoms with van der Waals surface area (Å²) in [4.78, 5) is 0. The average Bonchev–Trinajstić information content (AvgIpc) is 2.34. The zero-order valence-electron chi connectivity index (χ0n) is 9.24. The number of halogens is 2. The number of nitrogens with two attached hydrogens (primary N) is 1. The molecule has 0 atom stereocenters. The number of hydrogen-bond acceptors (Lipinski definition) is 3. The molecule has 2 aromatic rings. The Morgan fingerprint density at radius 3 is 2.50 bits per heavy atom. The largest absolute Gasteiger partial charge is 0.399 e. The van der Waals surface area contributed by atoms with Crippen molar-refractivity contribution in [2.45, 2.75) is 0 Å². The molecule has 0 aliphatic heterocycles. The minimum atomic E-state index is -0.425. The van der Waals surface area contributed by atoms with Crippen molar-refractivity contribution in [1.82, 2.24) is 0 Å². The van der Waals surface area contributed by atoms with Crippen LogP contribution in [-0.2, 0) is 0 Å². The Morgan fingerprint density at radius 2 is 1.89 bits per heavy atom. The number of nitrogens with zero attached hydrogens (tertiary/aromatic N) is 1. The summed E-state index contributed by atoms with van der Waals surface area (Å²) in [5, 5.41) is 11.7. The van der Waals surface area contributed by atoms with Crippen LogP contribution in [0.4, 0.5) is 21.5 Å². The molecule has 0 saturated heterocycles. The molecular weight excluding hydrogens is 297 g/mol. The Morgan fingerprint density at radius 1 is 1.17 bits per heavy atom. The number of hydrogen-bond donors (Lipinski definition) is 2. The highest BCUT2D eigenvalue weighted by molar-refractivity contribution is 9.10. The summed E-state index contributed by atoms with van der Waals surface area (Å²) in [5.74, 6) is -0.425.